The van der Waals surface area contributed by atoms with E-state index in [1.54, 1.807) is 0 Å². The average Bonchev–Trinajstić information content (AvgIpc) is 2.41. The summed E-state index contributed by atoms with van der Waals surface area (Å²) >= 11 is 4.39. The van der Waals surface area contributed by atoms with Crippen molar-refractivity contribution in [2.24, 2.45) is 5.92 Å². The Labute approximate surface area is 142 Å². The second kappa shape index (κ2) is 9.48. The molecule has 0 aromatic rings. The van der Waals surface area contributed by atoms with E-state index in [-0.39, 0.29) is 0 Å². The average molecular weight is 330 g/mol. The summed E-state index contributed by atoms with van der Waals surface area (Å²) < 4.78 is 5.99. The molecule has 4 nitrogen and oxygen atoms in total. The van der Waals surface area contributed by atoms with Gasteiger partial charge in [-0.25, -0.2) is 0 Å². The van der Waals surface area contributed by atoms with E-state index in [1.165, 1.54) is 45.6 Å². The lowest BCUT2D eigenvalue weighted by atomic mass is 9.89. The van der Waals surface area contributed by atoms with E-state index >= 15 is 0 Å². The number of nitrogens with zero attached hydrogens (tertiary/aromatic N) is 2. The lowest BCUT2D eigenvalue weighted by Gasteiger charge is -2.38. The van der Waals surface area contributed by atoms with Crippen LogP contribution in [0.5, 0.6) is 0 Å². The van der Waals surface area contributed by atoms with Gasteiger partial charge in [0.25, 0.3) is 0 Å². The first kappa shape index (κ1) is 18.5. The summed E-state index contributed by atoms with van der Waals surface area (Å²) in [6.07, 6.45) is 2.82. The van der Waals surface area contributed by atoms with Crippen molar-refractivity contribution in [3.63, 3.8) is 0 Å². The van der Waals surface area contributed by atoms with Crippen LogP contribution in [0, 0.1) is 5.92 Å². The molecule has 130 valence electrons. The Morgan fingerprint density at radius 1 is 1.09 bits per heavy atom. The third-order valence-corrected chi connectivity index (χ3v) is 4.83. The van der Waals surface area contributed by atoms with Gasteiger partial charge in [0.1, 0.15) is 0 Å². The zero-order valence-corrected chi connectivity index (χ0v) is 15.5. The smallest absolute Gasteiger partial charge is 0.0605 e. The van der Waals surface area contributed by atoms with Crippen LogP contribution >= 0.6 is 12.6 Å². The minimum atomic E-state index is 0.439. The molecule has 0 bridgehead atoms. The fraction of sp³-hybridized carbons (Fsp3) is 1.00. The molecule has 1 heterocycles. The molecule has 1 aliphatic heterocycles. The highest BCUT2D eigenvalue weighted by Gasteiger charge is 2.29. The van der Waals surface area contributed by atoms with Gasteiger partial charge in [0.2, 0.25) is 0 Å². The van der Waals surface area contributed by atoms with Crippen molar-refractivity contribution >= 4 is 12.6 Å². The summed E-state index contributed by atoms with van der Waals surface area (Å²) in [4.78, 5) is 5.14. The Kier molecular flexibility index (Phi) is 7.98. The quantitative estimate of drug-likeness (QED) is 0.630. The van der Waals surface area contributed by atoms with Crippen LogP contribution in [-0.4, -0.2) is 79.6 Å². The predicted molar refractivity (Wildman–Crippen MR) is 96.9 cm³/mol. The van der Waals surface area contributed by atoms with Crippen molar-refractivity contribution in [1.82, 2.24) is 15.1 Å². The molecule has 0 aromatic heterocycles. The first-order chi connectivity index (χ1) is 10.5. The lowest BCUT2D eigenvalue weighted by molar-refractivity contribution is -0.0278. The van der Waals surface area contributed by atoms with Gasteiger partial charge in [-0.05, 0) is 18.8 Å². The van der Waals surface area contributed by atoms with Crippen LogP contribution in [0.4, 0.5) is 0 Å². The summed E-state index contributed by atoms with van der Waals surface area (Å²) in [7, 11) is 0. The van der Waals surface area contributed by atoms with Gasteiger partial charge in [0.15, 0.2) is 0 Å². The number of hydrogen-bond donors (Lipinski definition) is 2. The Morgan fingerprint density at radius 2 is 1.73 bits per heavy atom. The molecule has 1 aliphatic carbocycles. The maximum absolute atomic E-state index is 5.99. The van der Waals surface area contributed by atoms with Gasteiger partial charge in [0.05, 0.1) is 12.7 Å². The fourth-order valence-electron chi connectivity index (χ4n) is 3.27. The summed E-state index contributed by atoms with van der Waals surface area (Å²) in [5.74, 6) is 0.778. The van der Waals surface area contributed by atoms with Crippen LogP contribution in [0.1, 0.15) is 33.6 Å². The maximum atomic E-state index is 5.99. The van der Waals surface area contributed by atoms with Gasteiger partial charge in [-0.2, -0.15) is 12.6 Å². The highest BCUT2D eigenvalue weighted by atomic mass is 32.1. The molecule has 22 heavy (non-hydrogen) atoms. The van der Waals surface area contributed by atoms with Crippen molar-refractivity contribution < 1.29 is 4.74 Å². The molecule has 0 radical (unpaired) electrons. The van der Waals surface area contributed by atoms with Gasteiger partial charge >= 0.3 is 0 Å². The molecule has 1 atom stereocenters. The minimum absolute atomic E-state index is 0.439. The standard InChI is InChI=1S/C17H35N3OS/c1-14(2)13-20-6-4-19(5-7-20)8-9-21-17-10-16(11-17)18-12-15(3)22/h14-18,22H,4-13H2,1-3H3. The number of thiol groups is 1. The lowest BCUT2D eigenvalue weighted by Crippen LogP contribution is -2.49. The molecule has 0 spiro atoms. The molecule has 0 amide bonds. The topological polar surface area (TPSA) is 27.7 Å². The Hall–Kier alpha value is 0.190. The van der Waals surface area contributed by atoms with Crippen molar-refractivity contribution in [1.29, 1.82) is 0 Å². The molecule has 2 rings (SSSR count). The Bertz CT molecular complexity index is 300. The second-order valence-corrected chi connectivity index (χ2v) is 8.34. The van der Waals surface area contributed by atoms with E-state index in [2.05, 4.69) is 48.5 Å². The number of ether oxygens (including phenoxy) is 1. The molecule has 2 aliphatic rings. The number of hydrogen-bond acceptors (Lipinski definition) is 5. The SMILES string of the molecule is CC(C)CN1CCN(CCOC2CC(NCC(C)S)C2)CC1. The van der Waals surface area contributed by atoms with E-state index < -0.39 is 0 Å². The van der Waals surface area contributed by atoms with Crippen LogP contribution in [0.2, 0.25) is 0 Å². The van der Waals surface area contributed by atoms with Crippen LogP contribution in [0.15, 0.2) is 0 Å². The monoisotopic (exact) mass is 329 g/mol. The first-order valence-electron chi connectivity index (χ1n) is 9.00. The van der Waals surface area contributed by atoms with Crippen molar-refractivity contribution in [2.75, 3.05) is 52.4 Å². The fourth-order valence-corrected chi connectivity index (χ4v) is 3.37. The van der Waals surface area contributed by atoms with Crippen molar-refractivity contribution in [2.45, 2.75) is 51.0 Å². The molecule has 1 N–H and O–H groups in total. The largest absolute Gasteiger partial charge is 0.377 e. The van der Waals surface area contributed by atoms with Gasteiger partial charge < -0.3 is 15.0 Å². The van der Waals surface area contributed by atoms with Crippen LogP contribution < -0.4 is 5.32 Å². The highest BCUT2D eigenvalue weighted by molar-refractivity contribution is 7.80. The number of rotatable bonds is 9. The second-order valence-electron chi connectivity index (χ2n) is 7.45. The molecule has 1 saturated heterocycles. The molecular formula is C17H35N3OS. The normalized spacial score (nSPS) is 28.8. The molecule has 2 fully saturated rings. The van der Waals surface area contributed by atoms with Gasteiger partial charge in [0, 0.05) is 57.1 Å². The third-order valence-electron chi connectivity index (χ3n) is 4.65. The van der Waals surface area contributed by atoms with E-state index in [9.17, 15) is 0 Å². The molecular weight excluding hydrogens is 294 g/mol. The van der Waals surface area contributed by atoms with Crippen molar-refractivity contribution in [3.8, 4) is 0 Å². The molecule has 1 saturated carbocycles. The van der Waals surface area contributed by atoms with Crippen LogP contribution in [0.25, 0.3) is 0 Å². The summed E-state index contributed by atoms with van der Waals surface area (Å²) in [6, 6.07) is 0.652. The first-order valence-corrected chi connectivity index (χ1v) is 9.52. The molecule has 1 unspecified atom stereocenters. The van der Waals surface area contributed by atoms with Crippen molar-refractivity contribution in [3.05, 3.63) is 0 Å². The summed E-state index contributed by atoms with van der Waals surface area (Å²) in [5, 5.41) is 3.98. The van der Waals surface area contributed by atoms with E-state index in [0.29, 0.717) is 17.4 Å². The zero-order valence-electron chi connectivity index (χ0n) is 14.6. The highest BCUT2D eigenvalue weighted by Crippen LogP contribution is 2.23. The summed E-state index contributed by atoms with van der Waals surface area (Å²) in [6.45, 7) is 15.8. The Morgan fingerprint density at radius 3 is 2.32 bits per heavy atom. The predicted octanol–water partition coefficient (Wildman–Crippen LogP) is 1.72. The minimum Gasteiger partial charge on any atom is -0.377 e. The van der Waals surface area contributed by atoms with Crippen LogP contribution in [0.3, 0.4) is 0 Å². The molecule has 5 heteroatoms. The number of nitrogens with one attached hydrogen (secondary N) is 1. The van der Waals surface area contributed by atoms with Gasteiger partial charge in [-0.15, -0.1) is 0 Å². The zero-order chi connectivity index (χ0) is 15.9. The van der Waals surface area contributed by atoms with Gasteiger partial charge in [-0.1, -0.05) is 20.8 Å². The van der Waals surface area contributed by atoms with E-state index in [4.69, 9.17) is 4.74 Å². The van der Waals surface area contributed by atoms with E-state index in [1.807, 2.05) is 0 Å². The molecule has 0 aromatic carbocycles. The summed E-state index contributed by atoms with van der Waals surface area (Å²) in [5.41, 5.74) is 0. The maximum Gasteiger partial charge on any atom is 0.0605 e. The number of piperazine rings is 1. The van der Waals surface area contributed by atoms with E-state index in [0.717, 1.165) is 25.6 Å². The third kappa shape index (κ3) is 6.75. The Balaban J connectivity index is 1.46. The van der Waals surface area contributed by atoms with Crippen LogP contribution in [-0.2, 0) is 4.74 Å². The van der Waals surface area contributed by atoms with Gasteiger partial charge in [-0.3, -0.25) is 4.90 Å².